The molecular weight excluding hydrogens is 404 g/mol. The van der Waals surface area contributed by atoms with Gasteiger partial charge in [-0.3, -0.25) is 9.36 Å². The van der Waals surface area contributed by atoms with Crippen molar-refractivity contribution in [3.8, 4) is 5.69 Å². The van der Waals surface area contributed by atoms with Crippen molar-refractivity contribution in [3.63, 3.8) is 0 Å². The summed E-state index contributed by atoms with van der Waals surface area (Å²) in [6.45, 7) is 0.123. The maximum Gasteiger partial charge on any atom is 0.266 e. The number of anilines is 2. The first kappa shape index (κ1) is 20.7. The van der Waals surface area contributed by atoms with Gasteiger partial charge < -0.3 is 21.1 Å². The molecule has 0 bridgehead atoms. The number of rotatable bonds is 7. The molecule has 4 rings (SSSR count). The van der Waals surface area contributed by atoms with Crippen LogP contribution in [0.2, 0.25) is 0 Å². The van der Waals surface area contributed by atoms with Crippen LogP contribution in [0, 0.1) is 17.0 Å². The average Bonchev–Trinajstić information content (AvgIpc) is 2.77. The van der Waals surface area contributed by atoms with Crippen molar-refractivity contribution < 1.29 is 13.9 Å². The van der Waals surface area contributed by atoms with Gasteiger partial charge in [0.05, 0.1) is 35.3 Å². The zero-order valence-electron chi connectivity index (χ0n) is 16.5. The quantitative estimate of drug-likeness (QED) is 0.436. The van der Waals surface area contributed by atoms with Crippen LogP contribution in [0.4, 0.5) is 20.3 Å². The Kier molecular flexibility index (Phi) is 5.77. The third-order valence-electron chi connectivity index (χ3n) is 5.37. The molecule has 1 fully saturated rings. The van der Waals surface area contributed by atoms with E-state index in [0.717, 1.165) is 23.4 Å². The molecule has 160 valence electrons. The molecule has 1 saturated carbocycles. The third kappa shape index (κ3) is 4.17. The lowest BCUT2D eigenvalue weighted by Crippen LogP contribution is -2.42. The molecule has 1 aromatic carbocycles. The van der Waals surface area contributed by atoms with E-state index in [1.807, 2.05) is 0 Å². The molecule has 0 unspecified atom stereocenters. The lowest BCUT2D eigenvalue weighted by atomic mass is 9.89. The molecule has 0 spiro atoms. The fourth-order valence-corrected chi connectivity index (χ4v) is 3.40. The third-order valence-corrected chi connectivity index (χ3v) is 5.37. The van der Waals surface area contributed by atoms with Gasteiger partial charge in [0.15, 0.2) is 5.82 Å². The first-order chi connectivity index (χ1) is 15.0. The molecule has 1 aliphatic rings. The van der Waals surface area contributed by atoms with E-state index in [1.165, 1.54) is 24.4 Å². The van der Waals surface area contributed by atoms with Crippen LogP contribution in [-0.4, -0.2) is 33.0 Å². The van der Waals surface area contributed by atoms with Gasteiger partial charge in [0.2, 0.25) is 0 Å². The van der Waals surface area contributed by atoms with Gasteiger partial charge in [-0.05, 0) is 25.0 Å². The van der Waals surface area contributed by atoms with Gasteiger partial charge in [-0.2, -0.15) is 0 Å². The highest BCUT2D eigenvalue weighted by molar-refractivity contribution is 5.85. The number of aliphatic hydroxyl groups excluding tert-OH is 1. The Labute approximate surface area is 176 Å². The molecule has 3 aromatic rings. The molecule has 0 radical (unpaired) electrons. The fraction of sp³-hybridized carbons (Fsp3) is 0.227. The predicted octanol–water partition coefficient (Wildman–Crippen LogP) is 3.06. The summed E-state index contributed by atoms with van der Waals surface area (Å²) in [5, 5.41) is 23.4. The number of hydrogen-bond acceptors (Lipinski definition) is 6. The summed E-state index contributed by atoms with van der Waals surface area (Å²) in [7, 11) is 0. The maximum absolute atomic E-state index is 14.5. The number of aliphatic hydroxyl groups is 1. The van der Waals surface area contributed by atoms with E-state index in [1.54, 1.807) is 18.2 Å². The Morgan fingerprint density at radius 3 is 2.71 bits per heavy atom. The zero-order chi connectivity index (χ0) is 22.0. The van der Waals surface area contributed by atoms with Crippen molar-refractivity contribution in [2.45, 2.75) is 31.5 Å². The molecule has 4 N–H and O–H groups in total. The topological polar surface area (TPSA) is 103 Å². The second kappa shape index (κ2) is 8.65. The molecule has 2 aromatic heterocycles. The number of aromatic nitrogens is 2. The molecular formula is C22H21F2N5O2. The van der Waals surface area contributed by atoms with E-state index in [9.17, 15) is 18.7 Å². The van der Waals surface area contributed by atoms with Gasteiger partial charge in [0, 0.05) is 30.6 Å². The van der Waals surface area contributed by atoms with Crippen molar-refractivity contribution in [3.05, 3.63) is 81.9 Å². The molecule has 31 heavy (non-hydrogen) atoms. The van der Waals surface area contributed by atoms with Crippen molar-refractivity contribution in [2.24, 2.45) is 0 Å². The summed E-state index contributed by atoms with van der Waals surface area (Å²) in [4.78, 5) is 16.9. The van der Waals surface area contributed by atoms with Crippen LogP contribution in [0.3, 0.4) is 0 Å². The highest BCUT2D eigenvalue weighted by atomic mass is 19.1. The normalized spacial score (nSPS) is 17.6. The predicted molar refractivity (Wildman–Crippen MR) is 114 cm³/mol. The lowest BCUT2D eigenvalue weighted by molar-refractivity contribution is 0.0784. The first-order valence-corrected chi connectivity index (χ1v) is 9.82. The minimum Gasteiger partial charge on any atom is -0.391 e. The summed E-state index contributed by atoms with van der Waals surface area (Å²) in [5.41, 5.74) is 0.133. The van der Waals surface area contributed by atoms with Gasteiger partial charge in [0.1, 0.15) is 11.6 Å². The molecule has 7 nitrogen and oxygen atoms in total. The molecule has 2 atom stereocenters. The Morgan fingerprint density at radius 1 is 1.23 bits per heavy atom. The van der Waals surface area contributed by atoms with E-state index in [4.69, 9.17) is 5.41 Å². The summed E-state index contributed by atoms with van der Waals surface area (Å²) in [6, 6.07) is 9.01. The monoisotopic (exact) mass is 425 g/mol. The number of benzene rings is 1. The molecule has 1 aliphatic carbocycles. The second-order valence-electron chi connectivity index (χ2n) is 7.32. The highest BCUT2D eigenvalue weighted by Gasteiger charge is 2.29. The van der Waals surface area contributed by atoms with Gasteiger partial charge in [-0.25, -0.2) is 13.8 Å². The van der Waals surface area contributed by atoms with E-state index in [2.05, 4.69) is 15.6 Å². The summed E-state index contributed by atoms with van der Waals surface area (Å²) >= 11 is 0. The maximum atomic E-state index is 14.5. The lowest BCUT2D eigenvalue weighted by Gasteiger charge is -2.33. The van der Waals surface area contributed by atoms with E-state index in [-0.39, 0.29) is 29.7 Å². The van der Waals surface area contributed by atoms with Gasteiger partial charge in [-0.15, -0.1) is 0 Å². The van der Waals surface area contributed by atoms with Gasteiger partial charge in [-0.1, -0.05) is 18.2 Å². The Morgan fingerprint density at radius 2 is 2.03 bits per heavy atom. The van der Waals surface area contributed by atoms with E-state index < -0.39 is 17.5 Å². The minimum absolute atomic E-state index is 0.0129. The van der Waals surface area contributed by atoms with Crippen LogP contribution >= 0.6 is 0 Å². The average molecular weight is 425 g/mol. The van der Waals surface area contributed by atoms with E-state index in [0.29, 0.717) is 23.5 Å². The number of nitrogens with one attached hydrogen (secondary N) is 3. The second-order valence-corrected chi connectivity index (χ2v) is 7.32. The van der Waals surface area contributed by atoms with Crippen LogP contribution in [0.15, 0.2) is 53.6 Å². The zero-order valence-corrected chi connectivity index (χ0v) is 16.5. The summed E-state index contributed by atoms with van der Waals surface area (Å²) in [6.07, 6.45) is 4.25. The molecule has 0 saturated heterocycles. The number of pyridine rings is 2. The Bertz CT molecular complexity index is 1180. The molecule has 0 aliphatic heterocycles. The first-order valence-electron chi connectivity index (χ1n) is 9.82. The van der Waals surface area contributed by atoms with Crippen molar-refractivity contribution in [1.29, 1.82) is 5.41 Å². The molecule has 2 heterocycles. The standard InChI is InChI=1S/C22H21F2N5O2/c23-15-4-2-1-3-13(15)11-26-17-7-8-29(22(31)14(17)10-25)19-9-21(27-12-16(19)24)28-18-5-6-20(18)30/h1-4,7-10,12,18,20,25-26,30H,5-6,11H2,(H,27,28)/t18-,20-/m0/s1. The van der Waals surface area contributed by atoms with Gasteiger partial charge in [0.25, 0.3) is 5.56 Å². The van der Waals surface area contributed by atoms with Crippen LogP contribution in [0.1, 0.15) is 24.0 Å². The number of hydrogen-bond donors (Lipinski definition) is 4. The Hall–Kier alpha value is -3.59. The number of nitrogens with zero attached hydrogens (tertiary/aromatic N) is 2. The van der Waals surface area contributed by atoms with Crippen LogP contribution < -0.4 is 16.2 Å². The largest absolute Gasteiger partial charge is 0.391 e. The van der Waals surface area contributed by atoms with E-state index >= 15 is 0 Å². The fourth-order valence-electron chi connectivity index (χ4n) is 3.40. The van der Waals surface area contributed by atoms with Gasteiger partial charge >= 0.3 is 0 Å². The summed E-state index contributed by atoms with van der Waals surface area (Å²) < 4.78 is 29.4. The van der Waals surface area contributed by atoms with Crippen LogP contribution in [0.25, 0.3) is 5.69 Å². The van der Waals surface area contributed by atoms with Crippen molar-refractivity contribution in [2.75, 3.05) is 10.6 Å². The summed E-state index contributed by atoms with van der Waals surface area (Å²) in [5.74, 6) is -0.745. The van der Waals surface area contributed by atoms with Crippen LogP contribution in [-0.2, 0) is 6.54 Å². The Balaban J connectivity index is 1.63. The smallest absolute Gasteiger partial charge is 0.266 e. The minimum atomic E-state index is -0.704. The van der Waals surface area contributed by atoms with Crippen LogP contribution in [0.5, 0.6) is 0 Å². The molecule has 9 heteroatoms. The van der Waals surface area contributed by atoms with Crippen molar-refractivity contribution in [1.82, 2.24) is 9.55 Å². The SMILES string of the molecule is N=Cc1c(NCc2ccccc2F)ccn(-c2cc(N[C@H]3CC[C@@H]3O)ncc2F)c1=O. The molecule has 0 amide bonds. The number of halogens is 2. The highest BCUT2D eigenvalue weighted by Crippen LogP contribution is 2.25. The van der Waals surface area contributed by atoms with Crippen molar-refractivity contribution >= 4 is 17.7 Å².